The highest BCUT2D eigenvalue weighted by molar-refractivity contribution is 5.92. The number of aromatic nitrogens is 6. The lowest BCUT2D eigenvalue weighted by molar-refractivity contribution is -0.131. The van der Waals surface area contributed by atoms with Gasteiger partial charge in [0.2, 0.25) is 5.91 Å². The van der Waals surface area contributed by atoms with Crippen molar-refractivity contribution in [3.8, 4) is 22.8 Å². The molecule has 19 heteroatoms. The average molecular weight is 859 g/mol. The lowest BCUT2D eigenvalue weighted by atomic mass is 10.1. The zero-order valence-corrected chi connectivity index (χ0v) is 36.0. The maximum absolute atomic E-state index is 12.1. The Morgan fingerprint density at radius 2 is 1.05 bits per heavy atom. The number of aliphatic carboxylic acids is 1. The number of nitrogens with two attached hydrogens (primary N) is 1. The molecular weight excluding hydrogens is 797 g/mol. The van der Waals surface area contributed by atoms with E-state index in [2.05, 4.69) is 53.5 Å². The van der Waals surface area contributed by atoms with Crippen molar-refractivity contribution in [3.05, 3.63) is 83.5 Å². The van der Waals surface area contributed by atoms with Crippen molar-refractivity contribution in [2.24, 2.45) is 5.84 Å². The Bertz CT molecular complexity index is 2110. The molecule has 4 heterocycles. The molecule has 2 saturated heterocycles. The van der Waals surface area contributed by atoms with E-state index in [1.54, 1.807) is 0 Å². The number of carboxylic acids is 1. The van der Waals surface area contributed by atoms with Crippen molar-refractivity contribution in [3.63, 3.8) is 0 Å². The minimum atomic E-state index is -1.02. The van der Waals surface area contributed by atoms with E-state index in [-0.39, 0.29) is 50.0 Å². The number of aryl methyl sites for hydroxylation is 4. The summed E-state index contributed by atoms with van der Waals surface area (Å²) in [6.45, 7) is 19.3. The highest BCUT2D eigenvalue weighted by Crippen LogP contribution is 2.20. The van der Waals surface area contributed by atoms with Gasteiger partial charge in [0.15, 0.2) is 11.6 Å². The van der Waals surface area contributed by atoms with E-state index < -0.39 is 11.9 Å². The molecule has 0 saturated carbocycles. The smallest absolute Gasteiger partial charge is 0.329 e. The molecule has 2 aliphatic heterocycles. The predicted octanol–water partition coefficient (Wildman–Crippen LogP) is 3.13. The molecule has 0 bridgehead atoms. The second-order valence-electron chi connectivity index (χ2n) is 15.2. The highest BCUT2D eigenvalue weighted by atomic mass is 16.5. The molecule has 2 aromatic heterocycles. The van der Waals surface area contributed by atoms with E-state index in [1.165, 1.54) is 40.5 Å². The van der Waals surface area contributed by atoms with Crippen molar-refractivity contribution in [1.29, 1.82) is 0 Å². The summed E-state index contributed by atoms with van der Waals surface area (Å²) in [7, 11) is 0. The Morgan fingerprint density at radius 1 is 0.661 bits per heavy atom. The largest absolute Gasteiger partial charge is 0.478 e. The molecule has 2 aliphatic rings. The van der Waals surface area contributed by atoms with Gasteiger partial charge in [-0.3, -0.25) is 40.5 Å². The standard InChI is InChI=1S/C21H28N6O3.C13H13N3O2.C8H17N3O2.CH4/c1-14-7-15(2)9-18(8-14)21-22-13-26(25-21)6-5-19(28)23-24-20(29)10-27-16(3)11-30-12-17(27)4;1-9-5-10(2)7-11(6-9)13-14-8-16(15-13)4-3-12(17)18;1-6-4-13-5-7(2)11(6)3-8(12)10-9;/h5-9,13,16-17H,10-12H2,1-4H3,(H,23,28)(H,24,29);3-8H,1-2H3,(H,17,18);6-7H,3-5,9H2,1-2H3,(H,10,12);1H4/b6-5-;4-3-;;. The summed E-state index contributed by atoms with van der Waals surface area (Å²) in [5.41, 5.74) is 13.3. The van der Waals surface area contributed by atoms with Crippen molar-refractivity contribution in [2.45, 2.75) is 87.0 Å². The summed E-state index contributed by atoms with van der Waals surface area (Å²) < 4.78 is 13.6. The number of carbonyl (C=O) groups is 4. The molecule has 19 nitrogen and oxygen atoms in total. The lowest BCUT2D eigenvalue weighted by Crippen LogP contribution is -2.54. The van der Waals surface area contributed by atoms with Crippen molar-refractivity contribution >= 4 is 36.1 Å². The van der Waals surface area contributed by atoms with Crippen LogP contribution in [-0.2, 0) is 28.7 Å². The van der Waals surface area contributed by atoms with E-state index >= 15 is 0 Å². The third kappa shape index (κ3) is 16.1. The van der Waals surface area contributed by atoms with Gasteiger partial charge >= 0.3 is 5.97 Å². The van der Waals surface area contributed by atoms with Crippen molar-refractivity contribution in [2.75, 3.05) is 39.5 Å². The Hall–Kier alpha value is -6.12. The molecule has 6 N–H and O–H groups in total. The van der Waals surface area contributed by atoms with E-state index in [0.29, 0.717) is 44.6 Å². The Morgan fingerprint density at radius 3 is 1.44 bits per heavy atom. The van der Waals surface area contributed by atoms with E-state index in [4.69, 9.17) is 20.4 Å². The second-order valence-corrected chi connectivity index (χ2v) is 15.2. The van der Waals surface area contributed by atoms with E-state index in [1.807, 2.05) is 84.6 Å². The number of hydrogen-bond acceptors (Lipinski definition) is 13. The first-order valence-corrected chi connectivity index (χ1v) is 19.8. The molecule has 62 heavy (non-hydrogen) atoms. The first-order chi connectivity index (χ1) is 29.0. The molecule has 0 spiro atoms. The number of benzene rings is 2. The number of rotatable bonds is 10. The van der Waals surface area contributed by atoms with Crippen LogP contribution in [0.5, 0.6) is 0 Å². The first kappa shape index (κ1) is 50.2. The van der Waals surface area contributed by atoms with Crippen LogP contribution < -0.4 is 22.1 Å². The molecule has 2 fully saturated rings. The Labute approximate surface area is 363 Å². The SMILES string of the molecule is C.CC1COCC(C)N1CC(=O)NN.Cc1cc(C)cc(-c2ncn(/C=C\C(=O)NNC(=O)CN3C(C)COCC3C)n2)c1.Cc1cc(C)cc(-c2ncn(/C=C\C(=O)O)n2)c1. The minimum Gasteiger partial charge on any atom is -0.478 e. The number of hydrogen-bond donors (Lipinski definition) is 5. The van der Waals surface area contributed by atoms with Crippen LogP contribution in [0.1, 0.15) is 57.4 Å². The number of ether oxygens (including phenoxy) is 2. The molecule has 6 rings (SSSR count). The summed E-state index contributed by atoms with van der Waals surface area (Å²) in [5, 5.41) is 17.1. The molecule has 0 radical (unpaired) electrons. The second kappa shape index (κ2) is 24.4. The Balaban J connectivity index is 0.000000272. The number of amides is 3. The van der Waals surface area contributed by atoms with Gasteiger partial charge in [-0.05, 0) is 79.7 Å². The number of nitrogens with one attached hydrogen (secondary N) is 3. The maximum Gasteiger partial charge on any atom is 0.329 e. The minimum absolute atomic E-state index is 0. The average Bonchev–Trinajstić information content (AvgIpc) is 3.89. The number of carbonyl (C=O) groups excluding carboxylic acids is 3. The van der Waals surface area contributed by atoms with Gasteiger partial charge in [-0.2, -0.15) is 0 Å². The fraction of sp³-hybridized carbons (Fsp3) is 0.442. The lowest BCUT2D eigenvalue weighted by Gasteiger charge is -2.38. The zero-order chi connectivity index (χ0) is 44.6. The van der Waals surface area contributed by atoms with Gasteiger partial charge in [0.05, 0.1) is 39.5 Å². The summed E-state index contributed by atoms with van der Waals surface area (Å²) in [6.07, 6.45) is 8.12. The van der Waals surface area contributed by atoms with Crippen LogP contribution in [0.2, 0.25) is 0 Å². The van der Waals surface area contributed by atoms with Crippen molar-refractivity contribution in [1.82, 2.24) is 55.6 Å². The molecule has 4 aromatic rings. The monoisotopic (exact) mass is 858 g/mol. The molecule has 2 aromatic carbocycles. The van der Waals surface area contributed by atoms with Gasteiger partial charge in [0.1, 0.15) is 12.7 Å². The number of morpholine rings is 2. The normalized spacial score (nSPS) is 19.0. The van der Waals surface area contributed by atoms with Gasteiger partial charge in [0, 0.05) is 59.8 Å². The molecular formula is C43H62N12O7. The van der Waals surface area contributed by atoms with Gasteiger partial charge in [0.25, 0.3) is 11.8 Å². The number of nitrogens with zero attached hydrogens (tertiary/aromatic N) is 8. The Kier molecular flexibility index (Phi) is 19.7. The quantitative estimate of drug-likeness (QED) is 0.0667. The number of carboxylic acid groups (broad SMARTS) is 1. The molecule has 4 atom stereocenters. The summed E-state index contributed by atoms with van der Waals surface area (Å²) >= 11 is 0. The van der Waals surface area contributed by atoms with Gasteiger partial charge < -0.3 is 14.6 Å². The third-order valence-electron chi connectivity index (χ3n) is 9.56. The fourth-order valence-corrected chi connectivity index (χ4v) is 6.73. The van der Waals surface area contributed by atoms with Crippen LogP contribution in [0.3, 0.4) is 0 Å². The van der Waals surface area contributed by atoms with Crippen LogP contribution >= 0.6 is 0 Å². The van der Waals surface area contributed by atoms with Crippen LogP contribution in [0.25, 0.3) is 35.2 Å². The van der Waals surface area contributed by atoms with Crippen LogP contribution in [0.15, 0.2) is 61.2 Å². The van der Waals surface area contributed by atoms with Gasteiger partial charge in [-0.25, -0.2) is 30.0 Å². The van der Waals surface area contributed by atoms with E-state index in [9.17, 15) is 19.2 Å². The third-order valence-corrected chi connectivity index (χ3v) is 9.56. The highest BCUT2D eigenvalue weighted by Gasteiger charge is 2.28. The predicted molar refractivity (Wildman–Crippen MR) is 236 cm³/mol. The summed E-state index contributed by atoms with van der Waals surface area (Å²) in [4.78, 5) is 58.2. The molecule has 4 unspecified atom stereocenters. The molecule has 0 aliphatic carbocycles. The maximum atomic E-state index is 12.1. The number of hydrazine groups is 2. The summed E-state index contributed by atoms with van der Waals surface area (Å²) in [6, 6.07) is 13.0. The first-order valence-electron chi connectivity index (χ1n) is 19.8. The van der Waals surface area contributed by atoms with E-state index in [0.717, 1.165) is 39.5 Å². The van der Waals surface area contributed by atoms with Crippen LogP contribution in [0, 0.1) is 27.7 Å². The fourth-order valence-electron chi connectivity index (χ4n) is 6.73. The zero-order valence-electron chi connectivity index (χ0n) is 36.0. The molecule has 3 amide bonds. The summed E-state index contributed by atoms with van der Waals surface area (Å²) in [5.74, 6) is 4.27. The van der Waals surface area contributed by atoms with Crippen molar-refractivity contribution < 1.29 is 33.8 Å². The van der Waals surface area contributed by atoms with Gasteiger partial charge in [-0.15, -0.1) is 10.2 Å². The topological polar surface area (TPSA) is 237 Å². The van der Waals surface area contributed by atoms with Crippen LogP contribution in [-0.4, -0.2) is 132 Å². The van der Waals surface area contributed by atoms with Crippen LogP contribution in [0.4, 0.5) is 0 Å². The van der Waals surface area contributed by atoms with Gasteiger partial charge in [-0.1, -0.05) is 41.8 Å². The molecule has 336 valence electrons.